The number of nitrogens with one attached hydrogen (secondary N) is 1. The van der Waals surface area contributed by atoms with Gasteiger partial charge in [-0.2, -0.15) is 0 Å². The fourth-order valence-corrected chi connectivity index (χ4v) is 2.04. The Balaban J connectivity index is 2.24. The molecule has 0 aliphatic rings. The monoisotopic (exact) mass is 320 g/mol. The van der Waals surface area contributed by atoms with E-state index in [0.717, 1.165) is 0 Å². The summed E-state index contributed by atoms with van der Waals surface area (Å²) in [4.78, 5) is 16.2. The molecule has 1 atom stereocenters. The molecule has 0 saturated carbocycles. The smallest absolute Gasteiger partial charge is 0.274 e. The van der Waals surface area contributed by atoms with E-state index < -0.39 is 6.10 Å². The second-order valence-electron chi connectivity index (χ2n) is 4.06. The van der Waals surface area contributed by atoms with E-state index in [2.05, 4.69) is 26.2 Å². The molecular weight excluding hydrogens is 308 g/mol. The van der Waals surface area contributed by atoms with Crippen LogP contribution in [-0.2, 0) is 0 Å². The summed E-state index contributed by atoms with van der Waals surface area (Å²) in [5.74, 6) is -0.311. The zero-order chi connectivity index (χ0) is 13.8. The first kappa shape index (κ1) is 13.7. The summed E-state index contributed by atoms with van der Waals surface area (Å²) in [6.45, 7) is 1.66. The highest BCUT2D eigenvalue weighted by atomic mass is 79.9. The number of rotatable bonds is 3. The molecular formula is C14H13BrN2O2. The molecule has 1 unspecified atom stereocenters. The van der Waals surface area contributed by atoms with Gasteiger partial charge in [0.05, 0.1) is 6.10 Å². The molecule has 0 saturated heterocycles. The van der Waals surface area contributed by atoms with Gasteiger partial charge in [-0.25, -0.2) is 4.98 Å². The Kier molecular flexibility index (Phi) is 4.29. The van der Waals surface area contributed by atoms with Crippen LogP contribution in [0, 0.1) is 0 Å². The lowest BCUT2D eigenvalue weighted by Gasteiger charge is -2.12. The van der Waals surface area contributed by atoms with Crippen molar-refractivity contribution in [1.82, 2.24) is 4.98 Å². The molecule has 0 aliphatic carbocycles. The Morgan fingerprint density at radius 2 is 2.00 bits per heavy atom. The van der Waals surface area contributed by atoms with Crippen LogP contribution in [0.1, 0.15) is 29.1 Å². The van der Waals surface area contributed by atoms with Gasteiger partial charge in [0.15, 0.2) is 0 Å². The maximum atomic E-state index is 12.1. The average Bonchev–Trinajstić information content (AvgIpc) is 2.39. The van der Waals surface area contributed by atoms with Gasteiger partial charge in [-0.3, -0.25) is 4.79 Å². The van der Waals surface area contributed by atoms with Gasteiger partial charge in [0.25, 0.3) is 5.91 Å². The number of aromatic nitrogens is 1. The molecule has 0 bridgehead atoms. The van der Waals surface area contributed by atoms with E-state index in [1.807, 2.05) is 6.07 Å². The summed E-state index contributed by atoms with van der Waals surface area (Å²) < 4.78 is 0.601. The number of pyridine rings is 1. The van der Waals surface area contributed by atoms with Crippen LogP contribution >= 0.6 is 15.9 Å². The van der Waals surface area contributed by atoms with Crippen LogP contribution in [0.5, 0.6) is 0 Å². The first-order valence-electron chi connectivity index (χ1n) is 5.79. The summed E-state index contributed by atoms with van der Waals surface area (Å²) in [6.07, 6.45) is -0.646. The van der Waals surface area contributed by atoms with E-state index in [4.69, 9.17) is 0 Å². The second kappa shape index (κ2) is 5.95. The number of aliphatic hydroxyl groups excluding tert-OH is 1. The minimum absolute atomic E-state index is 0.311. The zero-order valence-corrected chi connectivity index (χ0v) is 11.9. The SMILES string of the molecule is CC(O)c1ccccc1NC(=O)c1cccc(Br)n1. The molecule has 1 heterocycles. The average molecular weight is 321 g/mol. The molecule has 19 heavy (non-hydrogen) atoms. The van der Waals surface area contributed by atoms with Crippen molar-refractivity contribution in [3.05, 3.63) is 58.3 Å². The number of nitrogens with zero attached hydrogens (tertiary/aromatic N) is 1. The number of para-hydroxylation sites is 1. The van der Waals surface area contributed by atoms with Crippen LogP contribution in [0.3, 0.4) is 0 Å². The van der Waals surface area contributed by atoms with Crippen molar-refractivity contribution in [1.29, 1.82) is 0 Å². The number of aliphatic hydroxyl groups is 1. The van der Waals surface area contributed by atoms with Gasteiger partial charge in [0, 0.05) is 11.3 Å². The normalized spacial score (nSPS) is 11.9. The molecule has 1 amide bonds. The maximum absolute atomic E-state index is 12.1. The van der Waals surface area contributed by atoms with Gasteiger partial charge in [0.2, 0.25) is 0 Å². The van der Waals surface area contributed by atoms with Crippen molar-refractivity contribution in [3.8, 4) is 0 Å². The predicted octanol–water partition coefficient (Wildman–Crippen LogP) is 3.15. The molecule has 5 heteroatoms. The van der Waals surface area contributed by atoms with Gasteiger partial charge < -0.3 is 10.4 Å². The lowest BCUT2D eigenvalue weighted by Crippen LogP contribution is -2.15. The van der Waals surface area contributed by atoms with E-state index in [1.54, 1.807) is 43.3 Å². The quantitative estimate of drug-likeness (QED) is 0.854. The van der Waals surface area contributed by atoms with Crippen LogP contribution in [0.25, 0.3) is 0 Å². The lowest BCUT2D eigenvalue weighted by molar-refractivity contribution is 0.102. The second-order valence-corrected chi connectivity index (χ2v) is 4.88. The van der Waals surface area contributed by atoms with Crippen molar-refractivity contribution in [2.45, 2.75) is 13.0 Å². The number of anilines is 1. The molecule has 0 spiro atoms. The van der Waals surface area contributed by atoms with Gasteiger partial charge in [-0.1, -0.05) is 24.3 Å². The Labute approximate surface area is 119 Å². The number of hydrogen-bond donors (Lipinski definition) is 2. The fraction of sp³-hybridized carbons (Fsp3) is 0.143. The van der Waals surface area contributed by atoms with Gasteiger partial charge in [-0.05, 0) is 41.1 Å². The molecule has 2 rings (SSSR count). The fourth-order valence-electron chi connectivity index (χ4n) is 1.70. The summed E-state index contributed by atoms with van der Waals surface area (Å²) in [7, 11) is 0. The van der Waals surface area contributed by atoms with Crippen LogP contribution in [0.4, 0.5) is 5.69 Å². The van der Waals surface area contributed by atoms with Crippen molar-refractivity contribution in [2.24, 2.45) is 0 Å². The Hall–Kier alpha value is -1.72. The molecule has 0 aliphatic heterocycles. The number of hydrogen-bond acceptors (Lipinski definition) is 3. The van der Waals surface area contributed by atoms with Crippen molar-refractivity contribution in [3.63, 3.8) is 0 Å². The largest absolute Gasteiger partial charge is 0.389 e. The number of carbonyl (C=O) groups excluding carboxylic acids is 1. The molecule has 1 aromatic carbocycles. The zero-order valence-electron chi connectivity index (χ0n) is 10.3. The van der Waals surface area contributed by atoms with E-state index in [-0.39, 0.29) is 5.91 Å². The van der Waals surface area contributed by atoms with Gasteiger partial charge in [0.1, 0.15) is 10.3 Å². The highest BCUT2D eigenvalue weighted by Crippen LogP contribution is 2.22. The first-order valence-corrected chi connectivity index (χ1v) is 6.58. The number of halogens is 1. The van der Waals surface area contributed by atoms with E-state index >= 15 is 0 Å². The number of carbonyl (C=O) groups is 1. The molecule has 1 aromatic heterocycles. The van der Waals surface area contributed by atoms with Crippen LogP contribution in [-0.4, -0.2) is 16.0 Å². The third-order valence-corrected chi connectivity index (χ3v) is 3.05. The van der Waals surface area contributed by atoms with Gasteiger partial charge >= 0.3 is 0 Å². The van der Waals surface area contributed by atoms with Crippen molar-refractivity contribution >= 4 is 27.5 Å². The Bertz CT molecular complexity index is 600. The molecule has 0 fully saturated rings. The highest BCUT2D eigenvalue weighted by Gasteiger charge is 2.12. The van der Waals surface area contributed by atoms with Crippen molar-refractivity contribution < 1.29 is 9.90 Å². The molecule has 98 valence electrons. The van der Waals surface area contributed by atoms with E-state index in [0.29, 0.717) is 21.5 Å². The first-order chi connectivity index (χ1) is 9.08. The topological polar surface area (TPSA) is 62.2 Å². The minimum Gasteiger partial charge on any atom is -0.389 e. The third-order valence-electron chi connectivity index (χ3n) is 2.61. The van der Waals surface area contributed by atoms with E-state index in [1.165, 1.54) is 0 Å². The molecule has 0 radical (unpaired) electrons. The summed E-state index contributed by atoms with van der Waals surface area (Å²) >= 11 is 3.22. The standard InChI is InChI=1S/C14H13BrN2O2/c1-9(18)10-5-2-3-6-11(10)17-14(19)12-7-4-8-13(15)16-12/h2-9,18H,1H3,(H,17,19). The summed E-state index contributed by atoms with van der Waals surface area (Å²) in [5.41, 5.74) is 1.57. The van der Waals surface area contributed by atoms with E-state index in [9.17, 15) is 9.90 Å². The molecule has 2 N–H and O–H groups in total. The Morgan fingerprint density at radius 1 is 1.26 bits per heavy atom. The molecule has 4 nitrogen and oxygen atoms in total. The van der Waals surface area contributed by atoms with Gasteiger partial charge in [-0.15, -0.1) is 0 Å². The highest BCUT2D eigenvalue weighted by molar-refractivity contribution is 9.10. The lowest BCUT2D eigenvalue weighted by atomic mass is 10.1. The number of amides is 1. The summed E-state index contributed by atoms with van der Waals surface area (Å²) in [5, 5.41) is 12.4. The number of benzene rings is 1. The van der Waals surface area contributed by atoms with Crippen molar-refractivity contribution in [2.75, 3.05) is 5.32 Å². The van der Waals surface area contributed by atoms with Crippen LogP contribution < -0.4 is 5.32 Å². The Morgan fingerprint density at radius 3 is 2.68 bits per heavy atom. The minimum atomic E-state index is -0.646. The van der Waals surface area contributed by atoms with Crippen LogP contribution in [0.2, 0.25) is 0 Å². The van der Waals surface area contributed by atoms with Crippen LogP contribution in [0.15, 0.2) is 47.1 Å². The third kappa shape index (κ3) is 3.39. The summed E-state index contributed by atoms with van der Waals surface area (Å²) in [6, 6.07) is 12.3. The predicted molar refractivity (Wildman–Crippen MR) is 77.0 cm³/mol. The maximum Gasteiger partial charge on any atom is 0.274 e. The molecule has 2 aromatic rings.